The van der Waals surface area contributed by atoms with Crippen LogP contribution >= 0.6 is 0 Å². The first-order valence-electron chi connectivity index (χ1n) is 5.99. The van der Waals surface area contributed by atoms with E-state index in [-0.39, 0.29) is 11.9 Å². The van der Waals surface area contributed by atoms with E-state index >= 15 is 0 Å². The molecule has 0 bridgehead atoms. The average molecular weight is 259 g/mol. The highest BCUT2D eigenvalue weighted by atomic mass is 16.2. The highest BCUT2D eigenvalue weighted by molar-refractivity contribution is 5.91. The van der Waals surface area contributed by atoms with Gasteiger partial charge in [-0.05, 0) is 19.1 Å². The molecular weight excluding hydrogens is 242 g/mol. The van der Waals surface area contributed by atoms with E-state index in [9.17, 15) is 4.79 Å². The van der Waals surface area contributed by atoms with Gasteiger partial charge in [-0.25, -0.2) is 9.67 Å². The maximum absolute atomic E-state index is 11.8. The van der Waals surface area contributed by atoms with Crippen molar-refractivity contribution in [3.63, 3.8) is 0 Å². The lowest BCUT2D eigenvalue weighted by atomic mass is 10.1. The van der Waals surface area contributed by atoms with Crippen molar-refractivity contribution in [2.75, 3.05) is 14.1 Å². The number of carbonyl (C=O) groups is 1. The van der Waals surface area contributed by atoms with Crippen molar-refractivity contribution in [2.45, 2.75) is 13.0 Å². The Morgan fingerprint density at radius 1 is 1.42 bits per heavy atom. The van der Waals surface area contributed by atoms with Crippen LogP contribution in [0.4, 0.5) is 0 Å². The monoisotopic (exact) mass is 259 g/mol. The number of amides is 1. The quantitative estimate of drug-likeness (QED) is 0.891. The number of nitrogens with two attached hydrogens (primary N) is 1. The molecule has 1 amide bonds. The van der Waals surface area contributed by atoms with Gasteiger partial charge in [-0.15, -0.1) is 0 Å². The molecule has 6 nitrogen and oxygen atoms in total. The summed E-state index contributed by atoms with van der Waals surface area (Å²) in [5.74, 6) is 0.507. The minimum absolute atomic E-state index is 0.142. The highest BCUT2D eigenvalue weighted by Gasteiger charge is 2.15. The normalized spacial score (nSPS) is 12.2. The molecule has 2 aromatic rings. The van der Waals surface area contributed by atoms with Crippen LogP contribution in [-0.4, -0.2) is 39.7 Å². The zero-order valence-corrected chi connectivity index (χ0v) is 11.2. The van der Waals surface area contributed by atoms with Gasteiger partial charge in [0, 0.05) is 38.1 Å². The van der Waals surface area contributed by atoms with Crippen LogP contribution in [0.5, 0.6) is 0 Å². The van der Waals surface area contributed by atoms with E-state index < -0.39 is 0 Å². The smallest absolute Gasteiger partial charge is 0.273 e. The third kappa shape index (κ3) is 2.63. The summed E-state index contributed by atoms with van der Waals surface area (Å²) in [6.45, 7) is 1.88. The van der Waals surface area contributed by atoms with Crippen molar-refractivity contribution in [3.05, 3.63) is 41.9 Å². The predicted octanol–water partition coefficient (Wildman–Crippen LogP) is 0.989. The summed E-state index contributed by atoms with van der Waals surface area (Å²) in [6.07, 6.45) is 3.39. The van der Waals surface area contributed by atoms with Gasteiger partial charge >= 0.3 is 0 Å². The molecule has 1 unspecified atom stereocenters. The second kappa shape index (κ2) is 5.19. The molecule has 0 aliphatic carbocycles. The standard InChI is InChI=1S/C13H17N5O/c1-9(14)10-5-4-7-15-12(10)18-8-6-11(16-18)13(19)17(2)3/h4-9H,14H2,1-3H3. The Hall–Kier alpha value is -2.21. The van der Waals surface area contributed by atoms with E-state index in [1.165, 1.54) is 4.90 Å². The predicted molar refractivity (Wildman–Crippen MR) is 72.0 cm³/mol. The number of aromatic nitrogens is 3. The van der Waals surface area contributed by atoms with Crippen molar-refractivity contribution in [2.24, 2.45) is 5.73 Å². The molecule has 0 aromatic carbocycles. The van der Waals surface area contributed by atoms with Crippen LogP contribution in [0.25, 0.3) is 5.82 Å². The molecule has 0 saturated heterocycles. The van der Waals surface area contributed by atoms with E-state index in [4.69, 9.17) is 5.73 Å². The summed E-state index contributed by atoms with van der Waals surface area (Å²) in [4.78, 5) is 17.6. The van der Waals surface area contributed by atoms with E-state index in [1.54, 1.807) is 37.2 Å². The van der Waals surface area contributed by atoms with Crippen LogP contribution in [-0.2, 0) is 0 Å². The number of hydrogen-bond donors (Lipinski definition) is 1. The van der Waals surface area contributed by atoms with Crippen LogP contribution in [0.15, 0.2) is 30.6 Å². The molecule has 2 aromatic heterocycles. The van der Waals surface area contributed by atoms with E-state index in [1.807, 2.05) is 19.1 Å². The van der Waals surface area contributed by atoms with Gasteiger partial charge in [0.2, 0.25) is 0 Å². The number of pyridine rings is 1. The molecule has 0 radical (unpaired) electrons. The lowest BCUT2D eigenvalue weighted by Crippen LogP contribution is -2.22. The first kappa shape index (κ1) is 13.2. The number of carbonyl (C=O) groups excluding carboxylic acids is 1. The topological polar surface area (TPSA) is 77.0 Å². The van der Waals surface area contributed by atoms with Crippen molar-refractivity contribution >= 4 is 5.91 Å². The second-order valence-corrected chi connectivity index (χ2v) is 4.55. The van der Waals surface area contributed by atoms with E-state index in [0.29, 0.717) is 11.5 Å². The maximum Gasteiger partial charge on any atom is 0.273 e. The summed E-state index contributed by atoms with van der Waals surface area (Å²) < 4.78 is 1.58. The van der Waals surface area contributed by atoms with Gasteiger partial charge in [0.15, 0.2) is 11.5 Å². The summed E-state index contributed by atoms with van der Waals surface area (Å²) in [6, 6.07) is 5.25. The molecule has 0 aliphatic rings. The molecule has 2 N–H and O–H groups in total. The summed E-state index contributed by atoms with van der Waals surface area (Å²) in [5, 5.41) is 4.25. The number of nitrogens with zero attached hydrogens (tertiary/aromatic N) is 4. The zero-order valence-electron chi connectivity index (χ0n) is 11.2. The van der Waals surface area contributed by atoms with Crippen LogP contribution in [0.2, 0.25) is 0 Å². The molecule has 0 saturated carbocycles. The largest absolute Gasteiger partial charge is 0.343 e. The SMILES string of the molecule is CC(N)c1cccnc1-n1ccc(C(=O)N(C)C)n1. The van der Waals surface area contributed by atoms with Crippen LogP contribution < -0.4 is 5.73 Å². The molecule has 0 aliphatic heterocycles. The lowest BCUT2D eigenvalue weighted by Gasteiger charge is -2.11. The average Bonchev–Trinajstić information content (AvgIpc) is 2.87. The van der Waals surface area contributed by atoms with Gasteiger partial charge in [-0.3, -0.25) is 4.79 Å². The molecule has 100 valence electrons. The molecule has 2 rings (SSSR count). The fraction of sp³-hybridized carbons (Fsp3) is 0.308. The Balaban J connectivity index is 2.41. The Labute approximate surface area is 111 Å². The number of rotatable bonds is 3. The van der Waals surface area contributed by atoms with Crippen molar-refractivity contribution in [3.8, 4) is 5.82 Å². The highest BCUT2D eigenvalue weighted by Crippen LogP contribution is 2.17. The molecule has 19 heavy (non-hydrogen) atoms. The van der Waals surface area contributed by atoms with Crippen molar-refractivity contribution < 1.29 is 4.79 Å². The first-order chi connectivity index (χ1) is 9.00. The minimum atomic E-state index is -0.152. The van der Waals surface area contributed by atoms with E-state index in [0.717, 1.165) is 5.56 Å². The number of hydrogen-bond acceptors (Lipinski definition) is 4. The van der Waals surface area contributed by atoms with Gasteiger partial charge in [0.05, 0.1) is 0 Å². The molecular formula is C13H17N5O. The molecule has 1 atom stereocenters. The fourth-order valence-corrected chi connectivity index (χ4v) is 1.74. The van der Waals surface area contributed by atoms with Gasteiger partial charge in [-0.1, -0.05) is 6.07 Å². The Morgan fingerprint density at radius 2 is 2.16 bits per heavy atom. The van der Waals surface area contributed by atoms with Crippen molar-refractivity contribution in [1.82, 2.24) is 19.7 Å². The first-order valence-corrected chi connectivity index (χ1v) is 5.99. The minimum Gasteiger partial charge on any atom is -0.343 e. The molecule has 0 spiro atoms. The summed E-state index contributed by atoms with van der Waals surface area (Å²) in [7, 11) is 3.38. The van der Waals surface area contributed by atoms with Crippen LogP contribution in [0.1, 0.15) is 29.0 Å². The molecule has 6 heteroatoms. The van der Waals surface area contributed by atoms with E-state index in [2.05, 4.69) is 10.1 Å². The Bertz CT molecular complexity index is 588. The third-order valence-electron chi connectivity index (χ3n) is 2.74. The third-order valence-corrected chi connectivity index (χ3v) is 2.74. The van der Waals surface area contributed by atoms with Gasteiger partial charge in [0.25, 0.3) is 5.91 Å². The van der Waals surface area contributed by atoms with Crippen LogP contribution in [0.3, 0.4) is 0 Å². The maximum atomic E-state index is 11.8. The summed E-state index contributed by atoms with van der Waals surface area (Å²) >= 11 is 0. The summed E-state index contributed by atoms with van der Waals surface area (Å²) in [5.41, 5.74) is 7.17. The Morgan fingerprint density at radius 3 is 2.79 bits per heavy atom. The van der Waals surface area contributed by atoms with Gasteiger partial charge < -0.3 is 10.6 Å². The lowest BCUT2D eigenvalue weighted by molar-refractivity contribution is 0.0821. The Kier molecular flexibility index (Phi) is 3.62. The second-order valence-electron chi connectivity index (χ2n) is 4.55. The molecule has 2 heterocycles. The van der Waals surface area contributed by atoms with Gasteiger partial charge in [0.1, 0.15) is 0 Å². The van der Waals surface area contributed by atoms with Crippen molar-refractivity contribution in [1.29, 1.82) is 0 Å². The fourth-order valence-electron chi connectivity index (χ4n) is 1.74. The van der Waals surface area contributed by atoms with Gasteiger partial charge in [-0.2, -0.15) is 5.10 Å². The van der Waals surface area contributed by atoms with Crippen LogP contribution in [0, 0.1) is 0 Å². The molecule has 0 fully saturated rings. The zero-order chi connectivity index (χ0) is 14.0.